The summed E-state index contributed by atoms with van der Waals surface area (Å²) in [5, 5.41) is 9.85. The molecule has 328 valence electrons. The highest BCUT2D eigenvalue weighted by atomic mass is 16.5. The number of fused-ring (bicyclic) bond motifs is 8. The van der Waals surface area contributed by atoms with Gasteiger partial charge in [0.1, 0.15) is 23.7 Å². The Bertz CT molecular complexity index is 2760. The molecule has 15 nitrogen and oxygen atoms in total. The maximum Gasteiger partial charge on any atom is 0.407 e. The first kappa shape index (κ1) is 40.8. The number of hydrogen-bond donors (Lipinski definition) is 4. The van der Waals surface area contributed by atoms with Gasteiger partial charge in [-0.2, -0.15) is 0 Å². The lowest BCUT2D eigenvalue weighted by molar-refractivity contribution is -0.139. The predicted octanol–water partition coefficient (Wildman–Crippen LogP) is 7.66. The third-order valence-corrected chi connectivity index (χ3v) is 14.1. The number of piperidine rings is 1. The average Bonchev–Trinajstić information content (AvgIpc) is 4.17. The highest BCUT2D eigenvalue weighted by Gasteiger charge is 2.51. The molecule has 2 bridgehead atoms. The van der Waals surface area contributed by atoms with Crippen LogP contribution in [0.25, 0.3) is 54.7 Å². The van der Waals surface area contributed by atoms with E-state index in [1.54, 1.807) is 0 Å². The monoisotopic (exact) mass is 854 g/mol. The van der Waals surface area contributed by atoms with Crippen LogP contribution in [0.3, 0.4) is 0 Å². The number of H-pyrrole nitrogens is 2. The van der Waals surface area contributed by atoms with Gasteiger partial charge in [0.2, 0.25) is 11.8 Å². The van der Waals surface area contributed by atoms with Gasteiger partial charge in [-0.05, 0) is 109 Å². The molecule has 2 aromatic heterocycles. The smallest absolute Gasteiger partial charge is 0.407 e. The van der Waals surface area contributed by atoms with E-state index in [9.17, 15) is 19.2 Å². The Kier molecular flexibility index (Phi) is 10.7. The van der Waals surface area contributed by atoms with Crippen molar-refractivity contribution in [3.63, 3.8) is 0 Å². The van der Waals surface area contributed by atoms with Crippen LogP contribution in [0, 0.1) is 17.8 Å². The number of nitrogens with one attached hydrogen (secondary N) is 4. The Hall–Kier alpha value is -6.22. The Balaban J connectivity index is 0.912. The average molecular weight is 855 g/mol. The summed E-state index contributed by atoms with van der Waals surface area (Å²) in [5.74, 6) is 1.47. The molecule has 1 saturated carbocycles. The summed E-state index contributed by atoms with van der Waals surface area (Å²) in [4.78, 5) is 74.1. The third-order valence-electron chi connectivity index (χ3n) is 14.1. The van der Waals surface area contributed by atoms with Crippen LogP contribution >= 0.6 is 0 Å². The number of hydrogen-bond acceptors (Lipinski definition) is 9. The van der Waals surface area contributed by atoms with Crippen molar-refractivity contribution in [2.24, 2.45) is 17.8 Å². The maximum atomic E-state index is 14.2. The van der Waals surface area contributed by atoms with Gasteiger partial charge in [0, 0.05) is 36.6 Å². The van der Waals surface area contributed by atoms with Crippen LogP contribution in [0.5, 0.6) is 0 Å². The molecule has 5 heterocycles. The Morgan fingerprint density at radius 3 is 2.00 bits per heavy atom. The van der Waals surface area contributed by atoms with Gasteiger partial charge < -0.3 is 44.6 Å². The molecule has 4 N–H and O–H groups in total. The fourth-order valence-corrected chi connectivity index (χ4v) is 10.9. The van der Waals surface area contributed by atoms with Crippen molar-refractivity contribution in [2.75, 3.05) is 34.0 Å². The van der Waals surface area contributed by atoms with E-state index in [0.717, 1.165) is 98.5 Å². The van der Waals surface area contributed by atoms with E-state index in [1.165, 1.54) is 14.2 Å². The van der Waals surface area contributed by atoms with Crippen LogP contribution in [0.4, 0.5) is 9.59 Å². The van der Waals surface area contributed by atoms with Gasteiger partial charge in [-0.3, -0.25) is 9.59 Å². The van der Waals surface area contributed by atoms with Crippen LogP contribution in [-0.2, 0) is 23.8 Å². The first-order valence-corrected chi connectivity index (χ1v) is 22.3. The number of alkyl carbamates (subject to hydrolysis) is 2. The summed E-state index contributed by atoms with van der Waals surface area (Å²) >= 11 is 0. The number of likely N-dealkylation sites (tertiary alicyclic amines) is 2. The molecular formula is C48H54N8O7. The van der Waals surface area contributed by atoms with Gasteiger partial charge in [-0.15, -0.1) is 0 Å². The number of carbonyl (C=O) groups excluding carboxylic acids is 4. The summed E-state index contributed by atoms with van der Waals surface area (Å²) in [6.45, 7) is 5.57. The molecule has 0 spiro atoms. The van der Waals surface area contributed by atoms with E-state index in [-0.39, 0.29) is 41.8 Å². The summed E-state index contributed by atoms with van der Waals surface area (Å²) < 4.78 is 15.3. The molecule has 0 radical (unpaired) electrons. The van der Waals surface area contributed by atoms with E-state index in [1.807, 2.05) is 35.8 Å². The van der Waals surface area contributed by atoms with Gasteiger partial charge in [0.15, 0.2) is 0 Å². The Labute approximate surface area is 364 Å². The topological polar surface area (TPSA) is 184 Å². The maximum absolute atomic E-state index is 14.2. The van der Waals surface area contributed by atoms with Crippen molar-refractivity contribution < 1.29 is 33.4 Å². The molecule has 6 aromatic rings. The Morgan fingerprint density at radius 1 is 0.746 bits per heavy atom. The summed E-state index contributed by atoms with van der Waals surface area (Å²) in [6.07, 6.45) is 4.68. The van der Waals surface area contributed by atoms with E-state index < -0.39 is 24.3 Å². The number of methoxy groups -OCH3 is 2. The van der Waals surface area contributed by atoms with Gasteiger partial charge in [0.25, 0.3) is 0 Å². The van der Waals surface area contributed by atoms with Crippen molar-refractivity contribution in [3.05, 3.63) is 72.3 Å². The molecule has 1 unspecified atom stereocenters. The highest BCUT2D eigenvalue weighted by molar-refractivity contribution is 6.07. The molecule has 6 atom stereocenters. The lowest BCUT2D eigenvalue weighted by Gasteiger charge is -2.37. The number of aromatic amines is 2. The zero-order valence-electron chi connectivity index (χ0n) is 36.1. The quantitative estimate of drug-likeness (QED) is 0.113. The number of aromatic nitrogens is 4. The van der Waals surface area contributed by atoms with Gasteiger partial charge in [0.05, 0.1) is 48.4 Å². The van der Waals surface area contributed by atoms with E-state index in [2.05, 4.69) is 69.1 Å². The molecular weight excluding hydrogens is 801 g/mol. The van der Waals surface area contributed by atoms with E-state index in [4.69, 9.17) is 24.2 Å². The van der Waals surface area contributed by atoms with Crippen LogP contribution < -0.4 is 10.6 Å². The lowest BCUT2D eigenvalue weighted by Crippen LogP contribution is -2.54. The first-order chi connectivity index (χ1) is 30.6. The van der Waals surface area contributed by atoms with Gasteiger partial charge in [-0.1, -0.05) is 50.2 Å². The zero-order chi connectivity index (χ0) is 43.5. The molecule has 4 fully saturated rings. The number of ether oxygens (including phenoxy) is 3. The molecule has 4 aromatic carbocycles. The van der Waals surface area contributed by atoms with Crippen LogP contribution in [0.1, 0.15) is 82.5 Å². The normalized spacial score (nSPS) is 22.4. The molecule has 15 heteroatoms. The minimum Gasteiger partial charge on any atom is -0.453 e. The van der Waals surface area contributed by atoms with Gasteiger partial charge >= 0.3 is 12.2 Å². The van der Waals surface area contributed by atoms with Crippen molar-refractivity contribution in [1.29, 1.82) is 0 Å². The molecule has 10 rings (SSSR count). The zero-order valence-corrected chi connectivity index (χ0v) is 36.1. The largest absolute Gasteiger partial charge is 0.453 e. The van der Waals surface area contributed by atoms with E-state index in [0.29, 0.717) is 38.5 Å². The second-order valence-corrected chi connectivity index (χ2v) is 18.1. The van der Waals surface area contributed by atoms with Crippen LogP contribution in [-0.4, -0.2) is 106 Å². The molecule has 4 aliphatic rings. The molecule has 4 amide bonds. The second-order valence-electron chi connectivity index (χ2n) is 18.1. The number of carbonyl (C=O) groups is 4. The van der Waals surface area contributed by atoms with Crippen molar-refractivity contribution in [2.45, 2.75) is 89.0 Å². The minimum atomic E-state index is -0.694. The third kappa shape index (κ3) is 7.29. The lowest BCUT2D eigenvalue weighted by atomic mass is 9.90. The number of imidazole rings is 2. The molecule has 63 heavy (non-hydrogen) atoms. The minimum absolute atomic E-state index is 0.0353. The molecule has 3 aliphatic heterocycles. The number of amides is 4. The number of benzene rings is 4. The van der Waals surface area contributed by atoms with E-state index >= 15 is 0 Å². The summed E-state index contributed by atoms with van der Waals surface area (Å²) in [7, 11) is 2.63. The van der Waals surface area contributed by atoms with Crippen LogP contribution in [0.2, 0.25) is 0 Å². The summed E-state index contributed by atoms with van der Waals surface area (Å²) in [6, 6.07) is 19.5. The van der Waals surface area contributed by atoms with Gasteiger partial charge in [-0.25, -0.2) is 19.6 Å². The molecule has 1 aliphatic carbocycles. The van der Waals surface area contributed by atoms with Crippen LogP contribution in [0.15, 0.2) is 60.7 Å². The summed E-state index contributed by atoms with van der Waals surface area (Å²) in [5.41, 5.74) is 5.71. The second kappa shape index (κ2) is 16.5. The number of nitrogens with zero attached hydrogens (tertiary/aromatic N) is 4. The Morgan fingerprint density at radius 2 is 1.37 bits per heavy atom. The number of rotatable bonds is 9. The SMILES string of the molecule is COC(=O)NC(C(=O)N1[C@@H]2CC[C@@H](C2)[C@H]1c1nc2ccc3cc(-c4ccc5c(ccc6nc([C@@H]7CCCN7C(=O)[C@@H](NC(=O)OC)C7CCOCC7)[nH]c65)c4)ccc3c2[nH]1)C(C)C. The molecule has 3 saturated heterocycles. The first-order valence-electron chi connectivity index (χ1n) is 22.3. The standard InChI is InChI=1S/C48H54N8O7/c1-25(2)38(53-47(59)61-3)46(58)56-32-12-7-31(24-32)42(56)44-50-36-16-11-30-23-28(9-14-34(30)41(36)52-44)27-8-13-33-29(22-27)10-15-35-40(33)51-43(49-35)37-6-5-19-55(37)45(57)39(54-48(60)62-4)26-17-20-63-21-18-26/h8-11,13-16,22-23,25-26,31-32,37-39,42H,5-7,12,17-21,24H2,1-4H3,(H,49,51)(H,50,52)(H,53,59)(H,54,60)/t31-,32+,37-,38?,39-,42-/m0/s1. The predicted molar refractivity (Wildman–Crippen MR) is 238 cm³/mol. The van der Waals surface area contributed by atoms with Crippen molar-refractivity contribution in [3.8, 4) is 11.1 Å². The van der Waals surface area contributed by atoms with Crippen molar-refractivity contribution >= 4 is 67.6 Å². The van der Waals surface area contributed by atoms with Crippen molar-refractivity contribution in [1.82, 2.24) is 40.4 Å². The highest BCUT2D eigenvalue weighted by Crippen LogP contribution is 2.50. The fourth-order valence-electron chi connectivity index (χ4n) is 10.9. The fraction of sp³-hybridized carbons (Fsp3) is 0.458.